The lowest BCUT2D eigenvalue weighted by Gasteiger charge is -2.14. The molecule has 0 fully saturated rings. The van der Waals surface area contributed by atoms with Crippen molar-refractivity contribution in [1.82, 2.24) is 14.5 Å². The van der Waals surface area contributed by atoms with E-state index in [2.05, 4.69) is 27.8 Å². The van der Waals surface area contributed by atoms with Gasteiger partial charge in [-0.25, -0.2) is 9.37 Å². The zero-order valence-electron chi connectivity index (χ0n) is 21.3. The molecule has 40 heavy (non-hydrogen) atoms. The third kappa shape index (κ3) is 3.45. The molecule has 0 aliphatic rings. The molecule has 4 heterocycles. The molecule has 0 saturated heterocycles. The Bertz CT molecular complexity index is 2200. The first-order chi connectivity index (χ1) is 19.8. The largest absolute Gasteiger partial charge is 0.456 e. The van der Waals surface area contributed by atoms with Crippen LogP contribution in [-0.4, -0.2) is 14.5 Å². The Hall–Kier alpha value is -5.29. The number of para-hydroxylation sites is 1. The minimum atomic E-state index is -1.31. The van der Waals surface area contributed by atoms with Crippen LogP contribution in [0.2, 0.25) is 0 Å². The molecule has 5 heteroatoms. The second kappa shape index (κ2) is 8.89. The van der Waals surface area contributed by atoms with Gasteiger partial charge in [0, 0.05) is 39.8 Å². The maximum absolute atomic E-state index is 16.2. The third-order valence-electron chi connectivity index (χ3n) is 7.59. The minimum Gasteiger partial charge on any atom is -0.456 e. The molecule has 1 unspecified atom stereocenters. The van der Waals surface area contributed by atoms with Gasteiger partial charge in [-0.05, 0) is 71.8 Å². The summed E-state index contributed by atoms with van der Waals surface area (Å²) in [5.41, 5.74) is 7.17. The van der Waals surface area contributed by atoms with E-state index >= 15 is 4.39 Å². The van der Waals surface area contributed by atoms with Crippen LogP contribution in [0.3, 0.4) is 0 Å². The zero-order valence-corrected chi connectivity index (χ0v) is 21.3. The minimum absolute atomic E-state index is 0.575. The van der Waals surface area contributed by atoms with Crippen molar-refractivity contribution in [3.63, 3.8) is 0 Å². The van der Waals surface area contributed by atoms with Crippen LogP contribution in [0.1, 0.15) is 17.3 Å². The average molecular weight is 520 g/mol. The summed E-state index contributed by atoms with van der Waals surface area (Å²) in [6.45, 7) is 0. The van der Waals surface area contributed by atoms with E-state index in [4.69, 9.17) is 9.40 Å². The first-order valence-corrected chi connectivity index (χ1v) is 13.2. The predicted octanol–water partition coefficient (Wildman–Crippen LogP) is 9.20. The van der Waals surface area contributed by atoms with Crippen molar-refractivity contribution in [2.45, 2.75) is 6.17 Å². The monoisotopic (exact) mass is 519 g/mol. The van der Waals surface area contributed by atoms with Crippen LogP contribution in [0, 0.1) is 0 Å². The fourth-order valence-corrected chi connectivity index (χ4v) is 5.79. The number of hydrogen-bond acceptors (Lipinski definition) is 3. The number of fused-ring (bicyclic) bond motifs is 7. The highest BCUT2D eigenvalue weighted by atomic mass is 19.1. The van der Waals surface area contributed by atoms with Gasteiger partial charge in [-0.3, -0.25) is 9.55 Å². The summed E-state index contributed by atoms with van der Waals surface area (Å²) in [7, 11) is 0. The van der Waals surface area contributed by atoms with Crippen LogP contribution in [0.5, 0.6) is 0 Å². The first kappa shape index (κ1) is 22.7. The average Bonchev–Trinajstić information content (AvgIpc) is 3.57. The van der Waals surface area contributed by atoms with Gasteiger partial charge in [0.2, 0.25) is 0 Å². The second-order valence-corrected chi connectivity index (χ2v) is 9.94. The number of furan rings is 1. The standard InChI is InChI=1S/C35H22FN3O/c36-33(23-9-5-8-22(20-23)29-14-3-4-18-37-29)24-10-6-11-25(21-24)39-34-26(27-13-7-19-38-35(27)39)16-17-31-32(34)28-12-1-2-15-30(28)40-31/h1-21,33H. The van der Waals surface area contributed by atoms with Gasteiger partial charge in [-0.15, -0.1) is 0 Å². The Balaban J connectivity index is 1.34. The molecule has 4 aromatic heterocycles. The van der Waals surface area contributed by atoms with E-state index in [9.17, 15) is 0 Å². The Labute approximate surface area is 229 Å². The smallest absolute Gasteiger partial charge is 0.150 e. The van der Waals surface area contributed by atoms with Crippen molar-refractivity contribution in [1.29, 1.82) is 0 Å². The molecule has 0 N–H and O–H groups in total. The number of nitrogens with zero attached hydrogens (tertiary/aromatic N) is 3. The van der Waals surface area contributed by atoms with E-state index in [0.29, 0.717) is 11.1 Å². The number of pyridine rings is 2. The molecule has 0 saturated carbocycles. The molecule has 0 spiro atoms. The van der Waals surface area contributed by atoms with E-state index in [1.165, 1.54) is 0 Å². The molecule has 4 aromatic carbocycles. The van der Waals surface area contributed by atoms with E-state index < -0.39 is 6.17 Å². The summed E-state index contributed by atoms with van der Waals surface area (Å²) >= 11 is 0. The van der Waals surface area contributed by atoms with Crippen molar-refractivity contribution in [3.8, 4) is 16.9 Å². The molecule has 1 atom stereocenters. The molecule has 0 bridgehead atoms. The molecule has 8 rings (SSSR count). The van der Waals surface area contributed by atoms with Crippen molar-refractivity contribution in [3.05, 3.63) is 139 Å². The van der Waals surface area contributed by atoms with E-state index in [1.807, 2.05) is 97.1 Å². The lowest BCUT2D eigenvalue weighted by molar-refractivity contribution is 0.402. The van der Waals surface area contributed by atoms with Crippen LogP contribution in [0.15, 0.2) is 132 Å². The molecule has 4 nitrogen and oxygen atoms in total. The SMILES string of the molecule is FC(c1cccc(-c2ccccn2)c1)c1cccc(-n2c3ncccc3c3ccc4oc5ccccc5c4c32)c1. The number of hydrogen-bond donors (Lipinski definition) is 0. The topological polar surface area (TPSA) is 43.9 Å². The van der Waals surface area contributed by atoms with Crippen LogP contribution < -0.4 is 0 Å². The van der Waals surface area contributed by atoms with E-state index in [1.54, 1.807) is 12.4 Å². The number of halogens is 1. The molecule has 8 aromatic rings. The number of alkyl halides is 1. The summed E-state index contributed by atoms with van der Waals surface area (Å²) in [5.74, 6) is 0. The fourth-order valence-electron chi connectivity index (χ4n) is 5.79. The number of aromatic nitrogens is 3. The van der Waals surface area contributed by atoms with Crippen LogP contribution >= 0.6 is 0 Å². The van der Waals surface area contributed by atoms with Gasteiger partial charge in [-0.1, -0.05) is 54.6 Å². The fraction of sp³-hybridized carbons (Fsp3) is 0.0286. The third-order valence-corrected chi connectivity index (χ3v) is 7.59. The Morgan fingerprint density at radius 2 is 1.43 bits per heavy atom. The highest BCUT2D eigenvalue weighted by Crippen LogP contribution is 2.40. The molecule has 0 aliphatic heterocycles. The molecular weight excluding hydrogens is 497 g/mol. The lowest BCUT2D eigenvalue weighted by atomic mass is 9.99. The number of rotatable bonds is 4. The van der Waals surface area contributed by atoms with Gasteiger partial charge in [-0.2, -0.15) is 0 Å². The van der Waals surface area contributed by atoms with Crippen molar-refractivity contribution < 1.29 is 8.81 Å². The normalized spacial score (nSPS) is 12.5. The predicted molar refractivity (Wildman–Crippen MR) is 158 cm³/mol. The first-order valence-electron chi connectivity index (χ1n) is 13.2. The Morgan fingerprint density at radius 3 is 2.33 bits per heavy atom. The quantitative estimate of drug-likeness (QED) is 0.233. The lowest BCUT2D eigenvalue weighted by Crippen LogP contribution is -2.00. The van der Waals surface area contributed by atoms with Gasteiger partial charge in [0.15, 0.2) is 6.17 Å². The molecule has 0 aliphatic carbocycles. The number of benzene rings is 4. The van der Waals surface area contributed by atoms with Gasteiger partial charge in [0.25, 0.3) is 0 Å². The van der Waals surface area contributed by atoms with Gasteiger partial charge < -0.3 is 4.42 Å². The van der Waals surface area contributed by atoms with Gasteiger partial charge in [0.05, 0.1) is 16.6 Å². The van der Waals surface area contributed by atoms with Crippen molar-refractivity contribution in [2.24, 2.45) is 0 Å². The Morgan fingerprint density at radius 1 is 0.625 bits per heavy atom. The highest BCUT2D eigenvalue weighted by Gasteiger charge is 2.21. The highest BCUT2D eigenvalue weighted by molar-refractivity contribution is 6.24. The van der Waals surface area contributed by atoms with E-state index in [0.717, 1.165) is 60.8 Å². The maximum Gasteiger partial charge on any atom is 0.150 e. The molecular formula is C35H22FN3O. The van der Waals surface area contributed by atoms with Gasteiger partial charge in [0.1, 0.15) is 16.8 Å². The second-order valence-electron chi connectivity index (χ2n) is 9.94. The van der Waals surface area contributed by atoms with Crippen LogP contribution in [-0.2, 0) is 0 Å². The van der Waals surface area contributed by atoms with Gasteiger partial charge >= 0.3 is 0 Å². The molecule has 0 amide bonds. The Kier molecular flexibility index (Phi) is 5.04. The van der Waals surface area contributed by atoms with Crippen LogP contribution in [0.25, 0.3) is 60.8 Å². The van der Waals surface area contributed by atoms with Crippen molar-refractivity contribution >= 4 is 43.9 Å². The zero-order chi connectivity index (χ0) is 26.6. The van der Waals surface area contributed by atoms with E-state index in [-0.39, 0.29) is 0 Å². The molecule has 190 valence electrons. The maximum atomic E-state index is 16.2. The van der Waals surface area contributed by atoms with Crippen LogP contribution in [0.4, 0.5) is 4.39 Å². The summed E-state index contributed by atoms with van der Waals surface area (Å²) < 4.78 is 24.5. The van der Waals surface area contributed by atoms with Crippen molar-refractivity contribution in [2.75, 3.05) is 0 Å². The summed E-state index contributed by atoms with van der Waals surface area (Å²) in [6.07, 6.45) is 2.24. The summed E-state index contributed by atoms with van der Waals surface area (Å²) in [4.78, 5) is 9.21. The molecule has 0 radical (unpaired) electrons. The summed E-state index contributed by atoms with van der Waals surface area (Å²) in [6, 6.07) is 37.2. The summed E-state index contributed by atoms with van der Waals surface area (Å²) in [5, 5.41) is 4.18.